The number of ether oxygens (including phenoxy) is 3. The average molecular weight is 492 g/mol. The van der Waals surface area contributed by atoms with Crippen LogP contribution < -0.4 is 4.72 Å². The molecule has 0 bridgehead atoms. The molecular formula is C21H34BrNO5S. The van der Waals surface area contributed by atoms with E-state index in [0.717, 1.165) is 21.2 Å². The minimum atomic E-state index is -3.69. The number of halogens is 1. The number of hydrogen-bond donors (Lipinski definition) is 1. The van der Waals surface area contributed by atoms with E-state index in [1.807, 2.05) is 59.8 Å². The summed E-state index contributed by atoms with van der Waals surface area (Å²) in [4.78, 5) is 0.338. The van der Waals surface area contributed by atoms with Gasteiger partial charge in [-0.25, -0.2) is 13.1 Å². The molecule has 0 amide bonds. The molecule has 0 unspecified atom stereocenters. The molecule has 0 aromatic heterocycles. The largest absolute Gasteiger partial charge is 0.382 e. The summed E-state index contributed by atoms with van der Waals surface area (Å²) in [5, 5.41) is 0. The highest BCUT2D eigenvalue weighted by atomic mass is 79.9. The molecule has 0 heterocycles. The number of nitrogens with one attached hydrogen (secondary N) is 1. The lowest BCUT2D eigenvalue weighted by atomic mass is 10.0. The van der Waals surface area contributed by atoms with Crippen molar-refractivity contribution in [1.82, 2.24) is 4.72 Å². The normalized spacial score (nSPS) is 15.0. The van der Waals surface area contributed by atoms with Gasteiger partial charge >= 0.3 is 0 Å². The zero-order valence-electron chi connectivity index (χ0n) is 18.4. The van der Waals surface area contributed by atoms with Gasteiger partial charge in [-0.3, -0.25) is 0 Å². The average Bonchev–Trinajstić information content (AvgIpc) is 2.58. The number of sulfonamides is 1. The molecule has 0 fully saturated rings. The molecule has 0 aliphatic heterocycles. The predicted molar refractivity (Wildman–Crippen MR) is 120 cm³/mol. The Bertz CT molecular complexity index is 769. The van der Waals surface area contributed by atoms with Gasteiger partial charge in [0.1, 0.15) is 6.79 Å². The van der Waals surface area contributed by atoms with Crippen LogP contribution in [0.4, 0.5) is 0 Å². The predicted octanol–water partition coefficient (Wildman–Crippen LogP) is 4.22. The van der Waals surface area contributed by atoms with Crippen LogP contribution in [0.25, 0.3) is 0 Å². The van der Waals surface area contributed by atoms with Gasteiger partial charge in [0.15, 0.2) is 0 Å². The third kappa shape index (κ3) is 8.47. The van der Waals surface area contributed by atoms with Gasteiger partial charge < -0.3 is 14.2 Å². The SMILES string of the molecule is COCCOCO[C@@H](C)/C=C(/Br)[C@@H](NS(=O)(=O)c1c(C)cc(C)cc1C)C(C)C. The van der Waals surface area contributed by atoms with Crippen molar-refractivity contribution in [1.29, 1.82) is 0 Å². The Balaban J connectivity index is 2.94. The molecule has 0 saturated carbocycles. The molecule has 1 aromatic rings. The Morgan fingerprint density at radius 1 is 1.14 bits per heavy atom. The van der Waals surface area contributed by atoms with E-state index in [1.54, 1.807) is 7.11 Å². The van der Waals surface area contributed by atoms with Crippen LogP contribution in [0.15, 0.2) is 27.6 Å². The zero-order valence-corrected chi connectivity index (χ0v) is 20.8. The summed E-state index contributed by atoms with van der Waals surface area (Å²) in [6, 6.07) is 3.35. The van der Waals surface area contributed by atoms with E-state index in [0.29, 0.717) is 18.1 Å². The van der Waals surface area contributed by atoms with Crippen LogP contribution in [-0.4, -0.2) is 47.7 Å². The number of benzene rings is 1. The van der Waals surface area contributed by atoms with Gasteiger partial charge in [0.25, 0.3) is 0 Å². The number of methoxy groups -OCH3 is 1. The van der Waals surface area contributed by atoms with Gasteiger partial charge in [-0.2, -0.15) is 0 Å². The highest BCUT2D eigenvalue weighted by Crippen LogP contribution is 2.26. The molecule has 2 atom stereocenters. The minimum absolute atomic E-state index is 0.0339. The first kappa shape index (κ1) is 26.3. The van der Waals surface area contributed by atoms with Crippen LogP contribution in [0, 0.1) is 26.7 Å². The fourth-order valence-corrected chi connectivity index (χ4v) is 6.04. The van der Waals surface area contributed by atoms with Gasteiger partial charge in [-0.05, 0) is 50.8 Å². The van der Waals surface area contributed by atoms with E-state index in [9.17, 15) is 8.42 Å². The Morgan fingerprint density at radius 2 is 1.72 bits per heavy atom. The van der Waals surface area contributed by atoms with E-state index < -0.39 is 16.1 Å². The lowest BCUT2D eigenvalue weighted by Crippen LogP contribution is -2.39. The van der Waals surface area contributed by atoms with Crippen LogP contribution in [-0.2, 0) is 24.2 Å². The van der Waals surface area contributed by atoms with E-state index in [2.05, 4.69) is 20.7 Å². The van der Waals surface area contributed by atoms with Crippen molar-refractivity contribution >= 4 is 26.0 Å². The van der Waals surface area contributed by atoms with Crippen molar-refractivity contribution in [3.63, 3.8) is 0 Å². The van der Waals surface area contributed by atoms with Crippen LogP contribution in [0.1, 0.15) is 37.5 Å². The summed E-state index contributed by atoms with van der Waals surface area (Å²) in [5.41, 5.74) is 2.52. The van der Waals surface area contributed by atoms with Crippen LogP contribution >= 0.6 is 15.9 Å². The van der Waals surface area contributed by atoms with E-state index in [-0.39, 0.29) is 18.8 Å². The first-order chi connectivity index (χ1) is 13.5. The van der Waals surface area contributed by atoms with Crippen LogP contribution in [0.3, 0.4) is 0 Å². The Kier molecular flexibility index (Phi) is 11.0. The number of hydrogen-bond acceptors (Lipinski definition) is 5. The lowest BCUT2D eigenvalue weighted by molar-refractivity contribution is -0.0804. The minimum Gasteiger partial charge on any atom is -0.382 e. The van der Waals surface area contributed by atoms with Gasteiger partial charge in [0.05, 0.1) is 30.3 Å². The first-order valence-electron chi connectivity index (χ1n) is 9.65. The maximum Gasteiger partial charge on any atom is 0.241 e. The van der Waals surface area contributed by atoms with Crippen molar-refractivity contribution in [3.8, 4) is 0 Å². The molecule has 0 aliphatic carbocycles. The van der Waals surface area contributed by atoms with Crippen molar-refractivity contribution < 1.29 is 22.6 Å². The van der Waals surface area contributed by atoms with Gasteiger partial charge in [0, 0.05) is 11.6 Å². The molecule has 0 spiro atoms. The van der Waals surface area contributed by atoms with Gasteiger partial charge in [-0.1, -0.05) is 47.5 Å². The van der Waals surface area contributed by atoms with Crippen molar-refractivity contribution in [2.75, 3.05) is 27.1 Å². The third-order valence-corrected chi connectivity index (χ3v) is 6.86. The molecule has 0 saturated heterocycles. The molecule has 1 aromatic carbocycles. The van der Waals surface area contributed by atoms with Gasteiger partial charge in [0.2, 0.25) is 10.0 Å². The Hall–Kier alpha value is -0.770. The van der Waals surface area contributed by atoms with Crippen molar-refractivity contribution in [3.05, 3.63) is 39.4 Å². The topological polar surface area (TPSA) is 73.9 Å². The Morgan fingerprint density at radius 3 is 2.24 bits per heavy atom. The zero-order chi connectivity index (χ0) is 22.2. The summed E-state index contributed by atoms with van der Waals surface area (Å²) in [6.45, 7) is 12.5. The standard InChI is InChI=1S/C21H34BrNO5S/c1-14(2)20(19(22)12-18(6)28-13-27-9-8-26-7)23-29(24,25)21-16(4)10-15(3)11-17(21)5/h10-12,14,18,20,23H,8-9,13H2,1-7H3/b19-12+/t18-,20-/m0/s1. The summed E-state index contributed by atoms with van der Waals surface area (Å²) < 4.78 is 45.7. The second kappa shape index (κ2) is 12.2. The maximum atomic E-state index is 13.1. The second-order valence-electron chi connectivity index (χ2n) is 7.51. The van der Waals surface area contributed by atoms with E-state index >= 15 is 0 Å². The molecule has 1 rings (SSSR count). The molecule has 8 heteroatoms. The molecule has 166 valence electrons. The number of aryl methyl sites for hydroxylation is 3. The van der Waals surface area contributed by atoms with Gasteiger partial charge in [-0.15, -0.1) is 0 Å². The molecular weight excluding hydrogens is 458 g/mol. The van der Waals surface area contributed by atoms with Crippen molar-refractivity contribution in [2.24, 2.45) is 5.92 Å². The lowest BCUT2D eigenvalue weighted by Gasteiger charge is -2.24. The molecule has 6 nitrogen and oxygen atoms in total. The second-order valence-corrected chi connectivity index (χ2v) is 10.1. The van der Waals surface area contributed by atoms with Crippen LogP contribution in [0.5, 0.6) is 0 Å². The molecule has 0 radical (unpaired) electrons. The highest BCUT2D eigenvalue weighted by molar-refractivity contribution is 9.11. The fourth-order valence-electron chi connectivity index (χ4n) is 3.06. The highest BCUT2D eigenvalue weighted by Gasteiger charge is 2.27. The maximum absolute atomic E-state index is 13.1. The number of rotatable bonds is 12. The monoisotopic (exact) mass is 491 g/mol. The molecule has 1 N–H and O–H groups in total. The summed E-state index contributed by atoms with van der Waals surface area (Å²) in [6.07, 6.45) is 1.60. The van der Waals surface area contributed by atoms with E-state index in [1.165, 1.54) is 0 Å². The first-order valence-corrected chi connectivity index (χ1v) is 11.9. The fraction of sp³-hybridized carbons (Fsp3) is 0.619. The summed E-state index contributed by atoms with van der Waals surface area (Å²) in [7, 11) is -2.08. The third-order valence-electron chi connectivity index (χ3n) is 4.36. The Labute approximate surface area is 184 Å². The quantitative estimate of drug-likeness (QED) is 0.350. The van der Waals surface area contributed by atoms with E-state index in [4.69, 9.17) is 14.2 Å². The summed E-state index contributed by atoms with van der Waals surface area (Å²) in [5.74, 6) is 0.0339. The smallest absolute Gasteiger partial charge is 0.241 e. The molecule has 0 aliphatic rings. The van der Waals surface area contributed by atoms with Crippen LogP contribution in [0.2, 0.25) is 0 Å². The summed E-state index contributed by atoms with van der Waals surface area (Å²) >= 11 is 3.55. The van der Waals surface area contributed by atoms with Crippen molar-refractivity contribution in [2.45, 2.75) is 58.6 Å². The molecule has 29 heavy (non-hydrogen) atoms.